The number of benzene rings is 3. The molecule has 0 aliphatic carbocycles. The van der Waals surface area contributed by atoms with Gasteiger partial charge in [0.1, 0.15) is 6.61 Å². The molecule has 0 aliphatic rings. The van der Waals surface area contributed by atoms with Crippen LogP contribution in [-0.4, -0.2) is 45.4 Å². The van der Waals surface area contributed by atoms with Crippen LogP contribution in [0.15, 0.2) is 72.8 Å². The second kappa shape index (κ2) is 11.2. The molecule has 0 atom stereocenters. The van der Waals surface area contributed by atoms with Crippen LogP contribution < -0.4 is 10.1 Å². The molecule has 0 unspecified atom stereocenters. The van der Waals surface area contributed by atoms with Gasteiger partial charge in [0.05, 0.1) is 17.2 Å². The molecule has 0 aliphatic heterocycles. The maximum absolute atomic E-state index is 12.7. The summed E-state index contributed by atoms with van der Waals surface area (Å²) in [4.78, 5) is 27.8. The Hall–Kier alpha value is -4.57. The number of nitrogens with zero attached hydrogens (tertiary/aromatic N) is 4. The standard InChI is InChI=1S/C26H25N5O5/c1-3-35-14-15-36-26-28-24(19-12-10-18(2)11-13-19)30(29-26)22-8-5-7-21(17-22)27-25(32)20-6-4-9-23(16-20)31(33)34/h4-13,16-17H,3,14-15H2,1-2H3,(H,27,32). The van der Waals surface area contributed by atoms with E-state index in [-0.39, 0.29) is 17.3 Å². The summed E-state index contributed by atoms with van der Waals surface area (Å²) in [7, 11) is 0. The summed E-state index contributed by atoms with van der Waals surface area (Å²) >= 11 is 0. The molecule has 1 N–H and O–H groups in total. The minimum absolute atomic E-state index is 0.154. The second-order valence-corrected chi connectivity index (χ2v) is 7.85. The number of hydrogen-bond acceptors (Lipinski definition) is 7. The number of nitro groups is 1. The molecular weight excluding hydrogens is 462 g/mol. The van der Waals surface area contributed by atoms with Gasteiger partial charge in [0.25, 0.3) is 11.6 Å². The largest absolute Gasteiger partial charge is 0.460 e. The van der Waals surface area contributed by atoms with Crippen molar-refractivity contribution in [1.29, 1.82) is 0 Å². The lowest BCUT2D eigenvalue weighted by Crippen LogP contribution is -2.12. The molecule has 4 rings (SSSR count). The Kier molecular flexibility index (Phi) is 7.66. The molecule has 1 aromatic heterocycles. The highest BCUT2D eigenvalue weighted by Crippen LogP contribution is 2.26. The van der Waals surface area contributed by atoms with Crippen LogP contribution in [-0.2, 0) is 4.74 Å². The van der Waals surface area contributed by atoms with E-state index < -0.39 is 10.8 Å². The van der Waals surface area contributed by atoms with E-state index in [2.05, 4.69) is 15.4 Å². The molecule has 10 nitrogen and oxygen atoms in total. The Balaban J connectivity index is 1.62. The summed E-state index contributed by atoms with van der Waals surface area (Å²) < 4.78 is 12.6. The van der Waals surface area contributed by atoms with Crippen molar-refractivity contribution < 1.29 is 19.2 Å². The molecule has 1 heterocycles. The number of anilines is 1. The van der Waals surface area contributed by atoms with Crippen molar-refractivity contribution in [2.24, 2.45) is 0 Å². The quantitative estimate of drug-likeness (QED) is 0.193. The monoisotopic (exact) mass is 487 g/mol. The Morgan fingerprint density at radius 3 is 2.58 bits per heavy atom. The number of amides is 1. The minimum atomic E-state index is -0.539. The lowest BCUT2D eigenvalue weighted by Gasteiger charge is -2.09. The van der Waals surface area contributed by atoms with Gasteiger partial charge in [-0.2, -0.15) is 4.98 Å². The molecule has 0 saturated heterocycles. The summed E-state index contributed by atoms with van der Waals surface area (Å²) in [5.74, 6) is 0.108. The SMILES string of the molecule is CCOCCOc1nc(-c2ccc(C)cc2)n(-c2cccc(NC(=O)c3cccc([N+](=O)[O-])c3)c2)n1. The van der Waals surface area contributed by atoms with Gasteiger partial charge in [-0.15, -0.1) is 5.10 Å². The molecule has 0 fully saturated rings. The first kappa shape index (κ1) is 24.6. The third-order valence-electron chi connectivity index (χ3n) is 5.23. The fourth-order valence-electron chi connectivity index (χ4n) is 3.44. The van der Waals surface area contributed by atoms with Crippen LogP contribution in [0.25, 0.3) is 17.1 Å². The van der Waals surface area contributed by atoms with E-state index in [1.54, 1.807) is 22.9 Å². The highest BCUT2D eigenvalue weighted by atomic mass is 16.6. The summed E-state index contributed by atoms with van der Waals surface area (Å²) in [5, 5.41) is 18.4. The molecule has 1 amide bonds. The molecule has 36 heavy (non-hydrogen) atoms. The smallest absolute Gasteiger partial charge is 0.336 e. The van der Waals surface area contributed by atoms with Gasteiger partial charge in [-0.3, -0.25) is 14.9 Å². The molecule has 3 aromatic carbocycles. The first-order chi connectivity index (χ1) is 17.4. The lowest BCUT2D eigenvalue weighted by atomic mass is 10.1. The van der Waals surface area contributed by atoms with Gasteiger partial charge in [0, 0.05) is 35.6 Å². The molecule has 0 bridgehead atoms. The van der Waals surface area contributed by atoms with Crippen molar-refractivity contribution in [3.63, 3.8) is 0 Å². The molecule has 10 heteroatoms. The number of rotatable bonds is 10. The van der Waals surface area contributed by atoms with Crippen LogP contribution in [0, 0.1) is 17.0 Å². The molecular formula is C26H25N5O5. The molecule has 184 valence electrons. The number of aryl methyl sites for hydroxylation is 1. The highest BCUT2D eigenvalue weighted by molar-refractivity contribution is 6.04. The average Bonchev–Trinajstić information content (AvgIpc) is 3.31. The number of hydrogen-bond donors (Lipinski definition) is 1. The van der Waals surface area contributed by atoms with E-state index in [0.717, 1.165) is 11.1 Å². The molecule has 4 aromatic rings. The maximum Gasteiger partial charge on any atom is 0.336 e. The van der Waals surface area contributed by atoms with Crippen molar-refractivity contribution in [3.05, 3.63) is 94.0 Å². The lowest BCUT2D eigenvalue weighted by molar-refractivity contribution is -0.384. The Bertz CT molecular complexity index is 1370. The normalized spacial score (nSPS) is 10.7. The number of nitrogens with one attached hydrogen (secondary N) is 1. The Morgan fingerprint density at radius 1 is 1.06 bits per heavy atom. The van der Waals surface area contributed by atoms with Gasteiger partial charge in [-0.1, -0.05) is 42.0 Å². The van der Waals surface area contributed by atoms with Crippen LogP contribution in [0.1, 0.15) is 22.8 Å². The zero-order valence-corrected chi connectivity index (χ0v) is 19.9. The first-order valence-electron chi connectivity index (χ1n) is 11.4. The van der Waals surface area contributed by atoms with Gasteiger partial charge in [-0.25, -0.2) is 4.68 Å². The predicted molar refractivity (Wildman–Crippen MR) is 135 cm³/mol. The van der Waals surface area contributed by atoms with Crippen LogP contribution >= 0.6 is 0 Å². The topological polar surface area (TPSA) is 121 Å². The van der Waals surface area contributed by atoms with Gasteiger partial charge >= 0.3 is 6.01 Å². The van der Waals surface area contributed by atoms with Crippen molar-refractivity contribution >= 4 is 17.3 Å². The number of nitro benzene ring substituents is 1. The van der Waals surface area contributed by atoms with Crippen molar-refractivity contribution in [3.8, 4) is 23.1 Å². The first-order valence-corrected chi connectivity index (χ1v) is 11.4. The predicted octanol–water partition coefficient (Wildman–Crippen LogP) is 4.82. The van der Waals surface area contributed by atoms with Crippen LogP contribution in [0.4, 0.5) is 11.4 Å². The summed E-state index contributed by atoms with van der Waals surface area (Å²) in [6.07, 6.45) is 0. The van der Waals surface area contributed by atoms with Crippen molar-refractivity contribution in [2.75, 3.05) is 25.1 Å². The van der Waals surface area contributed by atoms with E-state index in [0.29, 0.717) is 37.0 Å². The molecule has 0 radical (unpaired) electrons. The van der Waals surface area contributed by atoms with Gasteiger partial charge in [0.2, 0.25) is 0 Å². The second-order valence-electron chi connectivity index (χ2n) is 7.85. The Labute approximate surface area is 207 Å². The van der Waals surface area contributed by atoms with Crippen molar-refractivity contribution in [1.82, 2.24) is 14.8 Å². The molecule has 0 spiro atoms. The van der Waals surface area contributed by atoms with E-state index in [4.69, 9.17) is 9.47 Å². The zero-order chi connectivity index (χ0) is 25.5. The van der Waals surface area contributed by atoms with E-state index >= 15 is 0 Å². The van der Waals surface area contributed by atoms with E-state index in [1.807, 2.05) is 44.2 Å². The van der Waals surface area contributed by atoms with E-state index in [9.17, 15) is 14.9 Å². The highest BCUT2D eigenvalue weighted by Gasteiger charge is 2.16. The Morgan fingerprint density at radius 2 is 1.83 bits per heavy atom. The number of ether oxygens (including phenoxy) is 2. The number of carbonyl (C=O) groups excluding carboxylic acids is 1. The number of carbonyl (C=O) groups is 1. The van der Waals surface area contributed by atoms with Crippen LogP contribution in [0.2, 0.25) is 0 Å². The summed E-state index contributed by atoms with van der Waals surface area (Å²) in [6, 6.07) is 20.7. The van der Waals surface area contributed by atoms with Crippen LogP contribution in [0.3, 0.4) is 0 Å². The van der Waals surface area contributed by atoms with Crippen LogP contribution in [0.5, 0.6) is 6.01 Å². The van der Waals surface area contributed by atoms with Crippen molar-refractivity contribution in [2.45, 2.75) is 13.8 Å². The zero-order valence-electron chi connectivity index (χ0n) is 19.9. The van der Waals surface area contributed by atoms with Gasteiger partial charge in [0.15, 0.2) is 5.82 Å². The van der Waals surface area contributed by atoms with Gasteiger partial charge < -0.3 is 14.8 Å². The third-order valence-corrected chi connectivity index (χ3v) is 5.23. The third kappa shape index (κ3) is 5.91. The minimum Gasteiger partial charge on any atom is -0.460 e. The fourth-order valence-corrected chi connectivity index (χ4v) is 3.44. The number of non-ortho nitro benzene ring substituents is 1. The van der Waals surface area contributed by atoms with E-state index in [1.165, 1.54) is 24.3 Å². The average molecular weight is 488 g/mol. The fraction of sp³-hybridized carbons (Fsp3) is 0.192. The maximum atomic E-state index is 12.7. The van der Waals surface area contributed by atoms with Gasteiger partial charge in [-0.05, 0) is 38.1 Å². The summed E-state index contributed by atoms with van der Waals surface area (Å²) in [5.41, 5.74) is 3.13. The molecule has 0 saturated carbocycles. The number of aromatic nitrogens is 3. The summed E-state index contributed by atoms with van der Waals surface area (Å²) in [6.45, 7) is 5.24.